The van der Waals surface area contributed by atoms with Crippen LogP contribution in [0.25, 0.3) is 0 Å². The summed E-state index contributed by atoms with van der Waals surface area (Å²) in [5.41, 5.74) is 0. The molecule has 0 aromatic rings. The minimum absolute atomic E-state index is 0.160. The monoisotopic (exact) mass is 283 g/mol. The van der Waals surface area contributed by atoms with Gasteiger partial charge in [0.1, 0.15) is 6.04 Å². The normalized spacial score (nSPS) is 25.5. The van der Waals surface area contributed by atoms with Crippen LogP contribution in [0.4, 0.5) is 0 Å². The van der Waals surface area contributed by atoms with E-state index in [1.165, 1.54) is 0 Å². The van der Waals surface area contributed by atoms with Gasteiger partial charge in [0.25, 0.3) is 0 Å². The van der Waals surface area contributed by atoms with Gasteiger partial charge >= 0.3 is 5.97 Å². The molecule has 6 heteroatoms. The Bertz CT molecular complexity index is 356. The third kappa shape index (κ3) is 3.30. The lowest BCUT2D eigenvalue weighted by atomic mass is 10.1. The van der Waals surface area contributed by atoms with E-state index in [2.05, 4.69) is 5.32 Å². The Morgan fingerprint density at radius 1 is 1.30 bits per heavy atom. The standard InChI is InChI=1S/C14H25N3O3/c1-3-20-14(19)11(2)17-8-4-5-12(17)13(18)16-9-6-15-7-10-16/h11-12,15H,3-10H2,1-2H3. The molecule has 2 atom stereocenters. The van der Waals surface area contributed by atoms with Gasteiger partial charge in [0.05, 0.1) is 12.6 Å². The average molecular weight is 283 g/mol. The highest BCUT2D eigenvalue weighted by Gasteiger charge is 2.38. The first-order valence-electron chi connectivity index (χ1n) is 7.57. The number of hydrogen-bond donors (Lipinski definition) is 1. The van der Waals surface area contributed by atoms with Gasteiger partial charge in [0.2, 0.25) is 5.91 Å². The summed E-state index contributed by atoms with van der Waals surface area (Å²) in [5, 5.41) is 3.25. The Balaban J connectivity index is 1.98. The summed E-state index contributed by atoms with van der Waals surface area (Å²) < 4.78 is 5.07. The summed E-state index contributed by atoms with van der Waals surface area (Å²) in [6.07, 6.45) is 1.80. The highest BCUT2D eigenvalue weighted by Crippen LogP contribution is 2.22. The van der Waals surface area contributed by atoms with E-state index in [0.717, 1.165) is 45.6 Å². The average Bonchev–Trinajstić information content (AvgIpc) is 2.96. The summed E-state index contributed by atoms with van der Waals surface area (Å²) in [6.45, 7) is 8.04. The van der Waals surface area contributed by atoms with Crippen molar-refractivity contribution < 1.29 is 14.3 Å². The molecule has 0 aromatic carbocycles. The van der Waals surface area contributed by atoms with Crippen molar-refractivity contribution in [3.63, 3.8) is 0 Å². The first-order chi connectivity index (χ1) is 9.65. The highest BCUT2D eigenvalue weighted by molar-refractivity contribution is 5.84. The third-order valence-electron chi connectivity index (χ3n) is 4.13. The summed E-state index contributed by atoms with van der Waals surface area (Å²) in [4.78, 5) is 28.4. The summed E-state index contributed by atoms with van der Waals surface area (Å²) in [5.74, 6) is -0.0624. The SMILES string of the molecule is CCOC(=O)C(C)N1CCCC1C(=O)N1CCNCC1. The Morgan fingerprint density at radius 3 is 2.65 bits per heavy atom. The summed E-state index contributed by atoms with van der Waals surface area (Å²) in [6, 6.07) is -0.498. The van der Waals surface area contributed by atoms with Crippen LogP contribution in [-0.4, -0.2) is 73.1 Å². The number of hydrogen-bond acceptors (Lipinski definition) is 5. The van der Waals surface area contributed by atoms with Gasteiger partial charge in [-0.15, -0.1) is 0 Å². The number of piperazine rings is 1. The zero-order valence-electron chi connectivity index (χ0n) is 12.4. The van der Waals surface area contributed by atoms with E-state index in [1.807, 2.05) is 16.7 Å². The Morgan fingerprint density at radius 2 is 2.00 bits per heavy atom. The van der Waals surface area contributed by atoms with E-state index in [9.17, 15) is 9.59 Å². The molecule has 2 heterocycles. The van der Waals surface area contributed by atoms with Crippen LogP contribution in [0, 0.1) is 0 Å². The molecule has 2 saturated heterocycles. The van der Waals surface area contributed by atoms with Crippen LogP contribution in [-0.2, 0) is 14.3 Å². The van der Waals surface area contributed by atoms with Crippen LogP contribution in [0.5, 0.6) is 0 Å². The molecule has 1 amide bonds. The molecule has 20 heavy (non-hydrogen) atoms. The van der Waals surface area contributed by atoms with Crippen molar-refractivity contribution >= 4 is 11.9 Å². The molecular weight excluding hydrogens is 258 g/mol. The summed E-state index contributed by atoms with van der Waals surface area (Å²) in [7, 11) is 0. The van der Waals surface area contributed by atoms with Gasteiger partial charge < -0.3 is 15.0 Å². The molecule has 0 radical (unpaired) electrons. The van der Waals surface area contributed by atoms with Crippen molar-refractivity contribution in [2.24, 2.45) is 0 Å². The van der Waals surface area contributed by atoms with E-state index >= 15 is 0 Å². The smallest absolute Gasteiger partial charge is 0.323 e. The molecule has 0 saturated carbocycles. The highest BCUT2D eigenvalue weighted by atomic mass is 16.5. The number of rotatable bonds is 4. The van der Waals surface area contributed by atoms with Gasteiger partial charge in [0, 0.05) is 26.2 Å². The van der Waals surface area contributed by atoms with Gasteiger partial charge in [-0.3, -0.25) is 14.5 Å². The van der Waals surface area contributed by atoms with Crippen LogP contribution in [0.2, 0.25) is 0 Å². The molecule has 2 aliphatic rings. The number of likely N-dealkylation sites (tertiary alicyclic amines) is 1. The summed E-state index contributed by atoms with van der Waals surface area (Å²) >= 11 is 0. The third-order valence-corrected chi connectivity index (χ3v) is 4.13. The zero-order chi connectivity index (χ0) is 14.5. The maximum absolute atomic E-state index is 12.6. The number of nitrogens with one attached hydrogen (secondary N) is 1. The molecule has 6 nitrogen and oxygen atoms in total. The fourth-order valence-corrected chi connectivity index (χ4v) is 3.01. The predicted molar refractivity (Wildman–Crippen MR) is 75.3 cm³/mol. The number of nitrogens with zero attached hydrogens (tertiary/aromatic N) is 2. The van der Waals surface area contributed by atoms with Crippen molar-refractivity contribution in [2.75, 3.05) is 39.3 Å². The quantitative estimate of drug-likeness (QED) is 0.726. The van der Waals surface area contributed by atoms with Gasteiger partial charge in [-0.1, -0.05) is 0 Å². The topological polar surface area (TPSA) is 61.9 Å². The minimum atomic E-state index is -0.339. The fourth-order valence-electron chi connectivity index (χ4n) is 3.01. The molecule has 1 N–H and O–H groups in total. The van der Waals surface area contributed by atoms with Crippen molar-refractivity contribution in [3.05, 3.63) is 0 Å². The fraction of sp³-hybridized carbons (Fsp3) is 0.857. The molecule has 0 bridgehead atoms. The molecular formula is C14H25N3O3. The lowest BCUT2D eigenvalue weighted by Crippen LogP contribution is -2.54. The first-order valence-corrected chi connectivity index (χ1v) is 7.57. The largest absolute Gasteiger partial charge is 0.465 e. The number of carbonyl (C=O) groups is 2. The molecule has 2 fully saturated rings. The Kier molecular flexibility index (Phi) is 5.37. The predicted octanol–water partition coefficient (Wildman–Crippen LogP) is -0.166. The lowest BCUT2D eigenvalue weighted by molar-refractivity contribution is -0.151. The number of amides is 1. The van der Waals surface area contributed by atoms with E-state index < -0.39 is 0 Å². The van der Waals surface area contributed by atoms with Crippen molar-refractivity contribution in [1.82, 2.24) is 15.1 Å². The molecule has 0 spiro atoms. The molecule has 2 aliphatic heterocycles. The van der Waals surface area contributed by atoms with Gasteiger partial charge in [-0.25, -0.2) is 0 Å². The van der Waals surface area contributed by atoms with Gasteiger partial charge in [-0.2, -0.15) is 0 Å². The van der Waals surface area contributed by atoms with E-state index in [1.54, 1.807) is 6.92 Å². The van der Waals surface area contributed by atoms with Gasteiger partial charge in [0.15, 0.2) is 0 Å². The second-order valence-electron chi connectivity index (χ2n) is 5.40. The number of ether oxygens (including phenoxy) is 1. The van der Waals surface area contributed by atoms with E-state index in [0.29, 0.717) is 6.61 Å². The van der Waals surface area contributed by atoms with E-state index in [-0.39, 0.29) is 24.0 Å². The Labute approximate surface area is 120 Å². The molecule has 0 aromatic heterocycles. The molecule has 2 unspecified atom stereocenters. The molecule has 2 rings (SSSR count). The van der Waals surface area contributed by atoms with Crippen LogP contribution >= 0.6 is 0 Å². The zero-order valence-corrected chi connectivity index (χ0v) is 12.4. The van der Waals surface area contributed by atoms with Crippen LogP contribution in [0.1, 0.15) is 26.7 Å². The van der Waals surface area contributed by atoms with Crippen LogP contribution in [0.3, 0.4) is 0 Å². The second-order valence-corrected chi connectivity index (χ2v) is 5.40. The maximum Gasteiger partial charge on any atom is 0.323 e. The maximum atomic E-state index is 12.6. The second kappa shape index (κ2) is 7.04. The van der Waals surface area contributed by atoms with Crippen LogP contribution < -0.4 is 5.32 Å². The first kappa shape index (κ1) is 15.3. The molecule has 0 aliphatic carbocycles. The van der Waals surface area contributed by atoms with Crippen molar-refractivity contribution in [2.45, 2.75) is 38.8 Å². The molecule has 114 valence electrons. The van der Waals surface area contributed by atoms with Crippen LogP contribution in [0.15, 0.2) is 0 Å². The number of carbonyl (C=O) groups excluding carboxylic acids is 2. The van der Waals surface area contributed by atoms with Gasteiger partial charge in [-0.05, 0) is 33.2 Å². The van der Waals surface area contributed by atoms with Crippen molar-refractivity contribution in [3.8, 4) is 0 Å². The minimum Gasteiger partial charge on any atom is -0.465 e. The Hall–Kier alpha value is -1.14. The lowest BCUT2D eigenvalue weighted by Gasteiger charge is -2.34. The van der Waals surface area contributed by atoms with Crippen molar-refractivity contribution in [1.29, 1.82) is 0 Å². The van der Waals surface area contributed by atoms with E-state index in [4.69, 9.17) is 4.74 Å². The number of esters is 1.